The summed E-state index contributed by atoms with van der Waals surface area (Å²) in [6.07, 6.45) is 0.523. The lowest BCUT2D eigenvalue weighted by Crippen LogP contribution is -2.25. The first-order chi connectivity index (χ1) is 8.02. The fourth-order valence-corrected chi connectivity index (χ4v) is 3.67. The van der Waals surface area contributed by atoms with Crippen LogP contribution in [0.2, 0.25) is 10.0 Å². The van der Waals surface area contributed by atoms with Crippen LogP contribution >= 0.6 is 51.8 Å². The molecule has 0 N–H and O–H groups in total. The van der Waals surface area contributed by atoms with Gasteiger partial charge in [-0.2, -0.15) is 12.6 Å². The third kappa shape index (κ3) is 2.75. The van der Waals surface area contributed by atoms with Crippen LogP contribution < -0.4 is 4.90 Å². The predicted octanol–water partition coefficient (Wildman–Crippen LogP) is 4.04. The molecule has 17 heavy (non-hydrogen) atoms. The van der Waals surface area contributed by atoms with Crippen LogP contribution in [0.25, 0.3) is 0 Å². The standard InChI is InChI=1S/C11H10BrCl2NOS/c12-8-2-7(13)3-9(14)11(8)15-4-6(5-17)1-10(15)16/h2-3,6,17H,1,4-5H2. The van der Waals surface area contributed by atoms with Crippen molar-refractivity contribution in [1.82, 2.24) is 0 Å². The minimum atomic E-state index is 0.0778. The summed E-state index contributed by atoms with van der Waals surface area (Å²) in [7, 11) is 0. The van der Waals surface area contributed by atoms with Crippen LogP contribution in [0.4, 0.5) is 5.69 Å². The molecule has 1 aliphatic rings. The van der Waals surface area contributed by atoms with Gasteiger partial charge in [0.1, 0.15) is 0 Å². The van der Waals surface area contributed by atoms with E-state index < -0.39 is 0 Å². The summed E-state index contributed by atoms with van der Waals surface area (Å²) < 4.78 is 0.739. The molecule has 0 radical (unpaired) electrons. The van der Waals surface area contributed by atoms with Gasteiger partial charge in [-0.15, -0.1) is 0 Å². The van der Waals surface area contributed by atoms with Crippen molar-refractivity contribution in [2.24, 2.45) is 5.92 Å². The number of amides is 1. The number of nitrogens with zero attached hydrogens (tertiary/aromatic N) is 1. The zero-order chi connectivity index (χ0) is 12.6. The lowest BCUT2D eigenvalue weighted by atomic mass is 10.1. The van der Waals surface area contributed by atoms with E-state index >= 15 is 0 Å². The van der Waals surface area contributed by atoms with Crippen molar-refractivity contribution >= 4 is 63.4 Å². The largest absolute Gasteiger partial charge is 0.310 e. The number of anilines is 1. The van der Waals surface area contributed by atoms with E-state index in [1.54, 1.807) is 17.0 Å². The number of thiol groups is 1. The van der Waals surface area contributed by atoms with Crippen molar-refractivity contribution < 1.29 is 4.79 Å². The van der Waals surface area contributed by atoms with Crippen molar-refractivity contribution in [3.05, 3.63) is 26.7 Å². The van der Waals surface area contributed by atoms with Crippen LogP contribution in [-0.4, -0.2) is 18.2 Å². The molecule has 92 valence electrons. The maximum atomic E-state index is 11.9. The van der Waals surface area contributed by atoms with E-state index in [0.717, 1.165) is 4.47 Å². The molecule has 0 aromatic heterocycles. The molecular formula is C11H10BrCl2NOS. The summed E-state index contributed by atoms with van der Waals surface area (Å²) in [6.45, 7) is 0.655. The van der Waals surface area contributed by atoms with Crippen LogP contribution in [0.15, 0.2) is 16.6 Å². The van der Waals surface area contributed by atoms with Gasteiger partial charge in [-0.05, 0) is 39.7 Å². The minimum Gasteiger partial charge on any atom is -0.310 e. The van der Waals surface area contributed by atoms with Crippen molar-refractivity contribution in [1.29, 1.82) is 0 Å². The maximum absolute atomic E-state index is 11.9. The Morgan fingerprint density at radius 3 is 2.71 bits per heavy atom. The molecule has 1 aliphatic heterocycles. The van der Waals surface area contributed by atoms with E-state index in [1.165, 1.54) is 0 Å². The average Bonchev–Trinajstić information content (AvgIpc) is 2.59. The second-order valence-corrected chi connectivity index (χ2v) is 6.04. The molecule has 1 aromatic carbocycles. The van der Waals surface area contributed by atoms with Gasteiger partial charge in [-0.25, -0.2) is 0 Å². The highest BCUT2D eigenvalue weighted by Gasteiger charge is 2.32. The van der Waals surface area contributed by atoms with E-state index in [1.807, 2.05) is 0 Å². The summed E-state index contributed by atoms with van der Waals surface area (Å²) in [4.78, 5) is 13.6. The zero-order valence-corrected chi connectivity index (χ0v) is 12.8. The number of hydrogen-bond acceptors (Lipinski definition) is 2. The molecule has 2 nitrogen and oxygen atoms in total. The average molecular weight is 355 g/mol. The Morgan fingerprint density at radius 2 is 2.18 bits per heavy atom. The van der Waals surface area contributed by atoms with E-state index in [0.29, 0.717) is 34.5 Å². The van der Waals surface area contributed by atoms with E-state index in [4.69, 9.17) is 23.2 Å². The summed E-state index contributed by atoms with van der Waals surface area (Å²) in [5.41, 5.74) is 0.699. The number of carbonyl (C=O) groups is 1. The Hall–Kier alpha value is 0.1000. The molecule has 2 rings (SSSR count). The van der Waals surface area contributed by atoms with Gasteiger partial charge in [-0.1, -0.05) is 23.2 Å². The summed E-state index contributed by atoms with van der Waals surface area (Å²) >= 11 is 19.7. The van der Waals surface area contributed by atoms with Gasteiger partial charge in [0.15, 0.2) is 0 Å². The van der Waals surface area contributed by atoms with Crippen LogP contribution in [0.5, 0.6) is 0 Å². The minimum absolute atomic E-state index is 0.0778. The summed E-state index contributed by atoms with van der Waals surface area (Å²) in [5, 5.41) is 1.03. The van der Waals surface area contributed by atoms with Gasteiger partial charge in [-0.3, -0.25) is 4.79 Å². The quantitative estimate of drug-likeness (QED) is 0.794. The number of hydrogen-bond donors (Lipinski definition) is 1. The molecular weight excluding hydrogens is 345 g/mol. The SMILES string of the molecule is O=C1CC(CS)CN1c1c(Cl)cc(Cl)cc1Br. The van der Waals surface area contributed by atoms with Gasteiger partial charge >= 0.3 is 0 Å². The maximum Gasteiger partial charge on any atom is 0.227 e. The number of halogens is 3. The lowest BCUT2D eigenvalue weighted by Gasteiger charge is -2.20. The zero-order valence-electron chi connectivity index (χ0n) is 8.79. The third-order valence-corrected chi connectivity index (χ3v) is 4.34. The van der Waals surface area contributed by atoms with Crippen molar-refractivity contribution in [3.8, 4) is 0 Å². The van der Waals surface area contributed by atoms with E-state index in [2.05, 4.69) is 28.6 Å². The van der Waals surface area contributed by atoms with Crippen LogP contribution in [-0.2, 0) is 4.79 Å². The fraction of sp³-hybridized carbons (Fsp3) is 0.364. The highest BCUT2D eigenvalue weighted by atomic mass is 79.9. The molecule has 1 fully saturated rings. The van der Waals surface area contributed by atoms with Gasteiger partial charge < -0.3 is 4.90 Å². The Bertz CT molecular complexity index is 446. The molecule has 0 bridgehead atoms. The molecule has 1 aromatic rings. The predicted molar refractivity (Wildman–Crippen MR) is 78.5 cm³/mol. The lowest BCUT2D eigenvalue weighted by molar-refractivity contribution is -0.117. The first-order valence-corrected chi connectivity index (χ1v) is 7.27. The van der Waals surface area contributed by atoms with Crippen molar-refractivity contribution in [2.75, 3.05) is 17.2 Å². The van der Waals surface area contributed by atoms with E-state index in [9.17, 15) is 4.79 Å². The van der Waals surface area contributed by atoms with Gasteiger partial charge in [0, 0.05) is 22.5 Å². The normalized spacial score (nSPS) is 20.1. The van der Waals surface area contributed by atoms with Gasteiger partial charge in [0.25, 0.3) is 0 Å². The molecule has 6 heteroatoms. The molecule has 1 atom stereocenters. The third-order valence-electron chi connectivity index (χ3n) is 2.71. The van der Waals surface area contributed by atoms with Crippen molar-refractivity contribution in [3.63, 3.8) is 0 Å². The van der Waals surface area contributed by atoms with Crippen molar-refractivity contribution in [2.45, 2.75) is 6.42 Å². The molecule has 1 unspecified atom stereocenters. The fourth-order valence-electron chi connectivity index (χ4n) is 1.91. The topological polar surface area (TPSA) is 20.3 Å². The van der Waals surface area contributed by atoms with Gasteiger partial charge in [0.05, 0.1) is 10.7 Å². The summed E-state index contributed by atoms with van der Waals surface area (Å²) in [6, 6.07) is 3.38. The summed E-state index contributed by atoms with van der Waals surface area (Å²) in [5.74, 6) is 1.06. The van der Waals surface area contributed by atoms with Gasteiger partial charge in [0.2, 0.25) is 5.91 Å². The molecule has 0 saturated carbocycles. The molecule has 1 heterocycles. The van der Waals surface area contributed by atoms with E-state index in [-0.39, 0.29) is 11.8 Å². The van der Waals surface area contributed by atoms with Crippen LogP contribution in [0, 0.1) is 5.92 Å². The highest BCUT2D eigenvalue weighted by Crippen LogP contribution is 2.39. The van der Waals surface area contributed by atoms with Crippen LogP contribution in [0.3, 0.4) is 0 Å². The second kappa shape index (κ2) is 5.39. The smallest absolute Gasteiger partial charge is 0.227 e. The Kier molecular flexibility index (Phi) is 4.29. The Labute approximate surface area is 124 Å². The Balaban J connectivity index is 2.38. The first-order valence-electron chi connectivity index (χ1n) is 5.08. The monoisotopic (exact) mass is 353 g/mol. The molecule has 0 spiro atoms. The number of benzene rings is 1. The Morgan fingerprint density at radius 1 is 1.47 bits per heavy atom. The molecule has 1 amide bonds. The number of carbonyl (C=O) groups excluding carboxylic acids is 1. The molecule has 0 aliphatic carbocycles. The first kappa shape index (κ1) is 13.5. The second-order valence-electron chi connectivity index (χ2n) is 3.98. The van der Waals surface area contributed by atoms with Crippen LogP contribution in [0.1, 0.15) is 6.42 Å². The molecule has 1 saturated heterocycles. The highest BCUT2D eigenvalue weighted by molar-refractivity contribution is 9.10. The number of rotatable bonds is 2.